The van der Waals surface area contributed by atoms with Crippen LogP contribution in [0.5, 0.6) is 5.75 Å². The van der Waals surface area contributed by atoms with Crippen molar-refractivity contribution in [3.63, 3.8) is 0 Å². The minimum Gasteiger partial charge on any atom is -0.497 e. The lowest BCUT2D eigenvalue weighted by molar-refractivity contribution is 0.415. The standard InChI is InChI=1S/C14H15N3O/c1-18-12-2-3-13-10(8-12)5-7-17-11(4-6-15)9-16-14(13)17/h2-3,5,7-9H,4,6,15H2,1H3. The Bertz CT molecular complexity index is 703. The third-order valence-electron chi connectivity index (χ3n) is 3.18. The van der Waals surface area contributed by atoms with Crippen molar-refractivity contribution in [2.24, 2.45) is 5.73 Å². The van der Waals surface area contributed by atoms with Gasteiger partial charge in [0.05, 0.1) is 7.11 Å². The van der Waals surface area contributed by atoms with Crippen molar-refractivity contribution in [3.05, 3.63) is 42.4 Å². The minimum absolute atomic E-state index is 0.633. The van der Waals surface area contributed by atoms with Crippen LogP contribution >= 0.6 is 0 Å². The number of imidazole rings is 1. The fourth-order valence-corrected chi connectivity index (χ4v) is 2.26. The maximum absolute atomic E-state index is 5.60. The number of nitrogens with zero attached hydrogens (tertiary/aromatic N) is 2. The molecule has 0 atom stereocenters. The third-order valence-corrected chi connectivity index (χ3v) is 3.18. The highest BCUT2D eigenvalue weighted by Crippen LogP contribution is 2.24. The molecule has 18 heavy (non-hydrogen) atoms. The van der Waals surface area contributed by atoms with Crippen LogP contribution in [-0.4, -0.2) is 23.0 Å². The van der Waals surface area contributed by atoms with E-state index < -0.39 is 0 Å². The van der Waals surface area contributed by atoms with Gasteiger partial charge in [-0.15, -0.1) is 0 Å². The molecule has 2 N–H and O–H groups in total. The van der Waals surface area contributed by atoms with Crippen molar-refractivity contribution in [1.29, 1.82) is 0 Å². The van der Waals surface area contributed by atoms with Crippen molar-refractivity contribution in [2.75, 3.05) is 13.7 Å². The summed E-state index contributed by atoms with van der Waals surface area (Å²) < 4.78 is 7.33. The van der Waals surface area contributed by atoms with Gasteiger partial charge in [0.25, 0.3) is 0 Å². The van der Waals surface area contributed by atoms with Crippen molar-refractivity contribution in [3.8, 4) is 5.75 Å². The summed E-state index contributed by atoms with van der Waals surface area (Å²) in [6, 6.07) is 8.10. The quantitative estimate of drug-likeness (QED) is 0.763. The van der Waals surface area contributed by atoms with Crippen LogP contribution in [0.15, 0.2) is 36.7 Å². The molecule has 3 aromatic rings. The van der Waals surface area contributed by atoms with Crippen molar-refractivity contribution in [2.45, 2.75) is 6.42 Å². The second-order valence-corrected chi connectivity index (χ2v) is 4.25. The molecule has 92 valence electrons. The molecule has 0 amide bonds. The van der Waals surface area contributed by atoms with Gasteiger partial charge in [0.1, 0.15) is 11.4 Å². The lowest BCUT2D eigenvalue weighted by Crippen LogP contribution is -2.04. The minimum atomic E-state index is 0.633. The zero-order valence-electron chi connectivity index (χ0n) is 10.3. The van der Waals surface area contributed by atoms with E-state index in [4.69, 9.17) is 10.5 Å². The summed E-state index contributed by atoms with van der Waals surface area (Å²) in [6.45, 7) is 0.633. The summed E-state index contributed by atoms with van der Waals surface area (Å²) in [5.41, 5.74) is 7.72. The van der Waals surface area contributed by atoms with Crippen LogP contribution in [0.4, 0.5) is 0 Å². The number of fused-ring (bicyclic) bond motifs is 3. The number of rotatable bonds is 3. The molecule has 0 unspecified atom stereocenters. The molecule has 0 spiro atoms. The molecule has 4 nitrogen and oxygen atoms in total. The fourth-order valence-electron chi connectivity index (χ4n) is 2.26. The summed E-state index contributed by atoms with van der Waals surface area (Å²) in [5, 5.41) is 2.26. The van der Waals surface area contributed by atoms with Crippen molar-refractivity contribution >= 4 is 16.4 Å². The van der Waals surface area contributed by atoms with E-state index >= 15 is 0 Å². The zero-order valence-corrected chi connectivity index (χ0v) is 10.3. The number of ether oxygens (including phenoxy) is 1. The van der Waals surface area contributed by atoms with Gasteiger partial charge >= 0.3 is 0 Å². The summed E-state index contributed by atoms with van der Waals surface area (Å²) in [5.74, 6) is 0.862. The van der Waals surface area contributed by atoms with E-state index in [9.17, 15) is 0 Å². The molecule has 0 saturated heterocycles. The summed E-state index contributed by atoms with van der Waals surface area (Å²) >= 11 is 0. The topological polar surface area (TPSA) is 52.5 Å². The molecule has 0 radical (unpaired) electrons. The number of pyridine rings is 1. The molecular formula is C14H15N3O. The number of hydrogen-bond donors (Lipinski definition) is 1. The molecule has 2 heterocycles. The molecule has 0 bridgehead atoms. The molecule has 2 aromatic heterocycles. The highest BCUT2D eigenvalue weighted by Gasteiger charge is 2.06. The molecule has 4 heteroatoms. The molecule has 0 aliphatic rings. The molecule has 3 rings (SSSR count). The van der Waals surface area contributed by atoms with Crippen LogP contribution in [0.25, 0.3) is 16.4 Å². The highest BCUT2D eigenvalue weighted by atomic mass is 16.5. The molecule has 0 aliphatic heterocycles. The van der Waals surface area contributed by atoms with Crippen LogP contribution in [-0.2, 0) is 6.42 Å². The Morgan fingerprint density at radius 3 is 3.00 bits per heavy atom. The summed E-state index contributed by atoms with van der Waals surface area (Å²) in [7, 11) is 1.68. The normalized spacial score (nSPS) is 11.2. The Hall–Kier alpha value is -2.07. The van der Waals surface area contributed by atoms with Gasteiger partial charge in [-0.25, -0.2) is 4.98 Å². The van der Waals surface area contributed by atoms with Gasteiger partial charge in [0.15, 0.2) is 0 Å². The molecule has 0 saturated carbocycles. The first-order valence-electron chi connectivity index (χ1n) is 5.96. The lowest BCUT2D eigenvalue weighted by atomic mass is 10.1. The predicted octanol–water partition coefficient (Wildman–Crippen LogP) is 2.00. The van der Waals surface area contributed by atoms with Crippen molar-refractivity contribution in [1.82, 2.24) is 9.38 Å². The zero-order chi connectivity index (χ0) is 12.5. The smallest absolute Gasteiger partial charge is 0.144 e. The Morgan fingerprint density at radius 2 is 2.22 bits per heavy atom. The van der Waals surface area contributed by atoms with Gasteiger partial charge in [-0.3, -0.25) is 0 Å². The van der Waals surface area contributed by atoms with E-state index in [-0.39, 0.29) is 0 Å². The third kappa shape index (κ3) is 1.62. The Balaban J connectivity index is 2.27. The molecular weight excluding hydrogens is 226 g/mol. The fraction of sp³-hybridized carbons (Fsp3) is 0.214. The lowest BCUT2D eigenvalue weighted by Gasteiger charge is -2.05. The van der Waals surface area contributed by atoms with E-state index in [1.165, 1.54) is 0 Å². The average Bonchev–Trinajstić information content (AvgIpc) is 2.82. The molecule has 0 fully saturated rings. The average molecular weight is 241 g/mol. The van der Waals surface area contributed by atoms with Gasteiger partial charge in [0, 0.05) is 29.9 Å². The van der Waals surface area contributed by atoms with Crippen LogP contribution in [0.3, 0.4) is 0 Å². The second kappa shape index (κ2) is 4.31. The van der Waals surface area contributed by atoms with Gasteiger partial charge in [-0.1, -0.05) is 0 Å². The summed E-state index contributed by atoms with van der Waals surface area (Å²) in [6.07, 6.45) is 4.77. The first kappa shape index (κ1) is 11.0. The van der Waals surface area contributed by atoms with Gasteiger partial charge in [-0.2, -0.15) is 0 Å². The van der Waals surface area contributed by atoms with Gasteiger partial charge < -0.3 is 14.9 Å². The molecule has 1 aromatic carbocycles. The Kier molecular flexibility index (Phi) is 2.64. The Morgan fingerprint density at radius 1 is 1.33 bits per heavy atom. The summed E-state index contributed by atoms with van der Waals surface area (Å²) in [4.78, 5) is 4.49. The van der Waals surface area contributed by atoms with E-state index in [1.54, 1.807) is 7.11 Å². The monoisotopic (exact) mass is 241 g/mol. The van der Waals surface area contributed by atoms with Crippen LogP contribution in [0, 0.1) is 0 Å². The largest absolute Gasteiger partial charge is 0.497 e. The number of nitrogens with two attached hydrogens (primary N) is 1. The van der Waals surface area contributed by atoms with Crippen LogP contribution in [0.1, 0.15) is 5.69 Å². The number of aromatic nitrogens is 2. The molecule has 0 aliphatic carbocycles. The predicted molar refractivity (Wildman–Crippen MR) is 72.0 cm³/mol. The van der Waals surface area contributed by atoms with E-state index in [1.807, 2.05) is 30.6 Å². The maximum Gasteiger partial charge on any atom is 0.144 e. The Labute approximate surface area is 105 Å². The maximum atomic E-state index is 5.60. The van der Waals surface area contributed by atoms with E-state index in [0.29, 0.717) is 6.54 Å². The first-order chi connectivity index (χ1) is 8.83. The van der Waals surface area contributed by atoms with Gasteiger partial charge in [0.2, 0.25) is 0 Å². The van der Waals surface area contributed by atoms with Crippen molar-refractivity contribution < 1.29 is 4.74 Å². The first-order valence-corrected chi connectivity index (χ1v) is 5.96. The van der Waals surface area contributed by atoms with E-state index in [2.05, 4.69) is 15.5 Å². The number of benzene rings is 1. The SMILES string of the molecule is COc1ccc2c(ccn3c(CCN)cnc23)c1. The number of methoxy groups -OCH3 is 1. The number of hydrogen-bond acceptors (Lipinski definition) is 3. The van der Waals surface area contributed by atoms with Crippen LogP contribution < -0.4 is 10.5 Å². The van der Waals surface area contributed by atoms with E-state index in [0.717, 1.165) is 34.3 Å². The van der Waals surface area contributed by atoms with Crippen LogP contribution in [0.2, 0.25) is 0 Å². The second-order valence-electron chi connectivity index (χ2n) is 4.25. The highest BCUT2D eigenvalue weighted by molar-refractivity contribution is 5.94. The van der Waals surface area contributed by atoms with Gasteiger partial charge in [-0.05, 0) is 36.2 Å².